The minimum Gasteiger partial charge on any atom is -0.378 e. The quantitative estimate of drug-likeness (QED) is 0.450. The van der Waals surface area contributed by atoms with Gasteiger partial charge in [-0.3, -0.25) is 14.8 Å². The molecule has 0 saturated carbocycles. The maximum absolute atomic E-state index is 13.0. The number of amides is 1. The highest BCUT2D eigenvalue weighted by molar-refractivity contribution is 6.10. The number of aryl methyl sites for hydroxylation is 3. The minimum atomic E-state index is -0.216. The maximum atomic E-state index is 13.0. The van der Waals surface area contributed by atoms with Gasteiger partial charge in [-0.2, -0.15) is 5.10 Å². The fourth-order valence-electron chi connectivity index (χ4n) is 3.48. The molecule has 3 rings (SSSR count). The fourth-order valence-corrected chi connectivity index (χ4v) is 3.48. The van der Waals surface area contributed by atoms with Crippen LogP contribution < -0.4 is 15.5 Å². The number of carbonyl (C=O) groups excluding carboxylic acids is 1. The van der Waals surface area contributed by atoms with E-state index in [-0.39, 0.29) is 5.91 Å². The largest absolute Gasteiger partial charge is 0.378 e. The first-order valence-electron chi connectivity index (χ1n) is 10.8. The predicted octanol–water partition coefficient (Wildman–Crippen LogP) is 4.29. The summed E-state index contributed by atoms with van der Waals surface area (Å²) in [6, 6.07) is 15.4. The zero-order valence-corrected chi connectivity index (χ0v) is 19.7. The molecule has 1 aromatic heterocycles. The fraction of sp³-hybridized carbons (Fsp3) is 0.320. The summed E-state index contributed by atoms with van der Waals surface area (Å²) in [4.78, 5) is 19.7. The molecular weight excluding hydrogens is 400 g/mol. The number of rotatable bonds is 6. The van der Waals surface area contributed by atoms with Gasteiger partial charge in [0.1, 0.15) is 0 Å². The van der Waals surface area contributed by atoms with Crippen LogP contribution in [-0.4, -0.2) is 35.7 Å². The van der Waals surface area contributed by atoms with E-state index in [2.05, 4.69) is 22.7 Å². The molecule has 2 aromatic carbocycles. The van der Waals surface area contributed by atoms with Crippen LogP contribution in [0.25, 0.3) is 0 Å². The number of hydrogen-bond donors (Lipinski definition) is 2. The average molecular weight is 433 g/mol. The lowest BCUT2D eigenvalue weighted by molar-refractivity contribution is 0.0977. The molecule has 0 bridgehead atoms. The molecule has 1 amide bonds. The van der Waals surface area contributed by atoms with Crippen LogP contribution in [0.1, 0.15) is 39.8 Å². The molecule has 0 aliphatic carbocycles. The van der Waals surface area contributed by atoms with Gasteiger partial charge in [0.05, 0.1) is 12.2 Å². The van der Waals surface area contributed by atoms with Crippen LogP contribution in [0.5, 0.6) is 0 Å². The number of para-hydroxylation sites is 1. The summed E-state index contributed by atoms with van der Waals surface area (Å²) in [6.07, 6.45) is 0. The van der Waals surface area contributed by atoms with Crippen molar-refractivity contribution in [1.82, 2.24) is 15.1 Å². The summed E-state index contributed by atoms with van der Waals surface area (Å²) < 4.78 is 1.97. The third kappa shape index (κ3) is 5.35. The molecule has 0 fully saturated rings. The Hall–Kier alpha value is -3.61. The van der Waals surface area contributed by atoms with E-state index in [1.54, 1.807) is 6.07 Å². The lowest BCUT2D eigenvalue weighted by atomic mass is 10.2. The number of hydrogen-bond acceptors (Lipinski definition) is 4. The van der Waals surface area contributed by atoms with Gasteiger partial charge >= 0.3 is 0 Å². The molecule has 0 atom stereocenters. The van der Waals surface area contributed by atoms with Gasteiger partial charge in [0.25, 0.3) is 5.91 Å². The Bertz CT molecular complexity index is 1130. The molecule has 1 heterocycles. The molecule has 168 valence electrons. The molecule has 0 unspecified atom stereocenters. The summed E-state index contributed by atoms with van der Waals surface area (Å²) in [5.41, 5.74) is 6.60. The standard InChI is InChI=1S/C25H32N6O/c1-7-31-19(4)22(18(3)29-31)16-26-25(27-23-14-9-8-11-17(23)2)28-24(32)20-12-10-13-21(15-20)30(5)6/h8-15H,7,16H2,1-6H3,(H2,26,27,28,32). The summed E-state index contributed by atoms with van der Waals surface area (Å²) in [6.45, 7) is 9.35. The molecule has 0 saturated heterocycles. The van der Waals surface area contributed by atoms with Crippen molar-refractivity contribution in [2.45, 2.75) is 40.8 Å². The molecule has 0 aliphatic heterocycles. The van der Waals surface area contributed by atoms with E-state index >= 15 is 0 Å². The first-order chi connectivity index (χ1) is 15.3. The molecular formula is C25H32N6O. The summed E-state index contributed by atoms with van der Waals surface area (Å²) in [7, 11) is 3.90. The van der Waals surface area contributed by atoms with Crippen molar-refractivity contribution >= 4 is 23.2 Å². The second kappa shape index (κ2) is 10.1. The number of benzene rings is 2. The number of carbonyl (C=O) groups is 1. The van der Waals surface area contributed by atoms with Crippen LogP contribution in [-0.2, 0) is 13.1 Å². The van der Waals surface area contributed by atoms with Crippen LogP contribution in [0.2, 0.25) is 0 Å². The lowest BCUT2D eigenvalue weighted by Gasteiger charge is -2.15. The average Bonchev–Trinajstić information content (AvgIpc) is 3.06. The number of nitrogens with zero attached hydrogens (tertiary/aromatic N) is 4. The third-order valence-corrected chi connectivity index (χ3v) is 5.48. The van der Waals surface area contributed by atoms with Crippen molar-refractivity contribution in [2.24, 2.45) is 4.99 Å². The van der Waals surface area contributed by atoms with Crippen LogP contribution in [0, 0.1) is 20.8 Å². The van der Waals surface area contributed by atoms with Crippen molar-refractivity contribution in [3.05, 3.63) is 76.6 Å². The van der Waals surface area contributed by atoms with Crippen LogP contribution >= 0.6 is 0 Å². The van der Waals surface area contributed by atoms with Gasteiger partial charge in [0.2, 0.25) is 5.96 Å². The van der Waals surface area contributed by atoms with E-state index in [0.29, 0.717) is 18.1 Å². The highest BCUT2D eigenvalue weighted by atomic mass is 16.1. The van der Waals surface area contributed by atoms with E-state index < -0.39 is 0 Å². The summed E-state index contributed by atoms with van der Waals surface area (Å²) in [5.74, 6) is 0.189. The van der Waals surface area contributed by atoms with Gasteiger partial charge in [-0.1, -0.05) is 24.3 Å². The second-order valence-electron chi connectivity index (χ2n) is 7.97. The Morgan fingerprint density at radius 2 is 1.84 bits per heavy atom. The predicted molar refractivity (Wildman–Crippen MR) is 132 cm³/mol. The number of guanidine groups is 1. The third-order valence-electron chi connectivity index (χ3n) is 5.48. The number of aliphatic imine (C=N–C) groups is 1. The van der Waals surface area contributed by atoms with Crippen LogP contribution in [0.4, 0.5) is 11.4 Å². The topological polar surface area (TPSA) is 74.5 Å². The van der Waals surface area contributed by atoms with Crippen molar-refractivity contribution in [3.8, 4) is 0 Å². The maximum Gasteiger partial charge on any atom is 0.258 e. The Labute approximate surface area is 190 Å². The number of anilines is 2. The van der Waals surface area contributed by atoms with Gasteiger partial charge in [-0.15, -0.1) is 0 Å². The molecule has 32 heavy (non-hydrogen) atoms. The van der Waals surface area contributed by atoms with E-state index in [1.165, 1.54) is 0 Å². The second-order valence-corrected chi connectivity index (χ2v) is 7.97. The monoisotopic (exact) mass is 432 g/mol. The van der Waals surface area contributed by atoms with Crippen LogP contribution in [0.15, 0.2) is 53.5 Å². The lowest BCUT2D eigenvalue weighted by Crippen LogP contribution is -2.36. The SMILES string of the molecule is CCn1nc(C)c(CN=C(NC(=O)c2cccc(N(C)C)c2)Nc2ccccc2C)c1C. The Balaban J connectivity index is 1.89. The molecule has 7 heteroatoms. The smallest absolute Gasteiger partial charge is 0.258 e. The molecule has 7 nitrogen and oxygen atoms in total. The number of aromatic nitrogens is 2. The normalized spacial score (nSPS) is 11.4. The first-order valence-corrected chi connectivity index (χ1v) is 10.8. The van der Waals surface area contributed by atoms with Crippen molar-refractivity contribution in [2.75, 3.05) is 24.3 Å². The van der Waals surface area contributed by atoms with Crippen molar-refractivity contribution in [1.29, 1.82) is 0 Å². The highest BCUT2D eigenvalue weighted by Crippen LogP contribution is 2.17. The van der Waals surface area contributed by atoms with Crippen LogP contribution in [0.3, 0.4) is 0 Å². The molecule has 2 N–H and O–H groups in total. The van der Waals surface area contributed by atoms with Crippen molar-refractivity contribution in [3.63, 3.8) is 0 Å². The van der Waals surface area contributed by atoms with Gasteiger partial charge < -0.3 is 10.2 Å². The first kappa shape index (κ1) is 23.1. The van der Waals surface area contributed by atoms with Gasteiger partial charge in [0, 0.05) is 48.8 Å². The Kier molecular flexibility index (Phi) is 7.30. The Morgan fingerprint density at radius 3 is 2.50 bits per heavy atom. The highest BCUT2D eigenvalue weighted by Gasteiger charge is 2.14. The minimum absolute atomic E-state index is 0.216. The summed E-state index contributed by atoms with van der Waals surface area (Å²) in [5, 5.41) is 10.8. The van der Waals surface area contributed by atoms with E-state index in [4.69, 9.17) is 4.99 Å². The molecule has 0 spiro atoms. The van der Waals surface area contributed by atoms with Gasteiger partial charge in [0.15, 0.2) is 0 Å². The molecule has 3 aromatic rings. The summed E-state index contributed by atoms with van der Waals surface area (Å²) >= 11 is 0. The zero-order valence-electron chi connectivity index (χ0n) is 19.7. The molecule has 0 radical (unpaired) electrons. The zero-order chi connectivity index (χ0) is 23.3. The van der Waals surface area contributed by atoms with E-state index in [0.717, 1.165) is 40.4 Å². The van der Waals surface area contributed by atoms with Gasteiger partial charge in [-0.05, 0) is 57.5 Å². The van der Waals surface area contributed by atoms with E-state index in [1.807, 2.05) is 86.9 Å². The molecule has 0 aliphatic rings. The van der Waals surface area contributed by atoms with E-state index in [9.17, 15) is 4.79 Å². The number of nitrogens with one attached hydrogen (secondary N) is 2. The van der Waals surface area contributed by atoms with Gasteiger partial charge in [-0.25, -0.2) is 4.99 Å². The Morgan fingerprint density at radius 1 is 1.09 bits per heavy atom. The van der Waals surface area contributed by atoms with Crippen molar-refractivity contribution < 1.29 is 4.79 Å².